The zero-order valence-electron chi connectivity index (χ0n) is 19.9. The Morgan fingerprint density at radius 2 is 1.79 bits per heavy atom. The summed E-state index contributed by atoms with van der Waals surface area (Å²) in [6.07, 6.45) is 2.02. The Kier molecular flexibility index (Phi) is 6.87. The summed E-state index contributed by atoms with van der Waals surface area (Å²) in [5, 5.41) is 6.69. The fourth-order valence-electron chi connectivity index (χ4n) is 4.26. The lowest BCUT2D eigenvalue weighted by atomic mass is 9.98. The summed E-state index contributed by atoms with van der Waals surface area (Å²) < 4.78 is 5.29. The van der Waals surface area contributed by atoms with E-state index in [1.165, 1.54) is 11.1 Å². The summed E-state index contributed by atoms with van der Waals surface area (Å²) in [4.78, 5) is 15.5. The predicted molar refractivity (Wildman–Crippen MR) is 137 cm³/mol. The Balaban J connectivity index is 1.65. The van der Waals surface area contributed by atoms with Crippen molar-refractivity contribution in [2.24, 2.45) is 0 Å². The molecular weight excluding hydrogens is 410 g/mol. The number of carbonyl (C=O) groups excluding carboxylic acids is 1. The van der Waals surface area contributed by atoms with Crippen molar-refractivity contribution >= 4 is 23.1 Å². The smallest absolute Gasteiger partial charge is 0.326 e. The number of benzene rings is 3. The number of hydrogen-bond donors (Lipinski definition) is 2. The van der Waals surface area contributed by atoms with Crippen LogP contribution in [0.2, 0.25) is 0 Å². The third-order valence-corrected chi connectivity index (χ3v) is 6.29. The van der Waals surface area contributed by atoms with E-state index in [0.717, 1.165) is 53.3 Å². The zero-order valence-corrected chi connectivity index (χ0v) is 19.9. The van der Waals surface area contributed by atoms with Gasteiger partial charge in [0.15, 0.2) is 0 Å². The Morgan fingerprint density at radius 3 is 2.45 bits per heavy atom. The highest BCUT2D eigenvalue weighted by atomic mass is 16.5. The highest BCUT2D eigenvalue weighted by Gasteiger charge is 2.21. The molecule has 0 unspecified atom stereocenters. The molecule has 5 nitrogen and oxygen atoms in total. The number of aryl methyl sites for hydroxylation is 1. The maximum Gasteiger partial charge on any atom is 0.326 e. The summed E-state index contributed by atoms with van der Waals surface area (Å²) in [5.74, 6) is 1.24. The molecule has 0 aromatic heterocycles. The molecule has 0 radical (unpaired) electrons. The molecule has 1 heterocycles. The number of ether oxygens (including phenoxy) is 1. The van der Waals surface area contributed by atoms with Crippen LogP contribution in [0.25, 0.3) is 0 Å². The number of hydrogen-bond acceptors (Lipinski definition) is 3. The van der Waals surface area contributed by atoms with Gasteiger partial charge in [0.1, 0.15) is 5.75 Å². The van der Waals surface area contributed by atoms with Crippen molar-refractivity contribution in [2.45, 2.75) is 46.1 Å². The highest BCUT2D eigenvalue weighted by molar-refractivity contribution is 6.03. The summed E-state index contributed by atoms with van der Waals surface area (Å²) in [5.41, 5.74) is 7.45. The number of urea groups is 1. The quantitative estimate of drug-likeness (QED) is 0.444. The van der Waals surface area contributed by atoms with E-state index in [9.17, 15) is 4.79 Å². The third kappa shape index (κ3) is 5.14. The number of amides is 2. The minimum atomic E-state index is -0.134. The Morgan fingerprint density at radius 1 is 1.06 bits per heavy atom. The van der Waals surface area contributed by atoms with Gasteiger partial charge in [-0.15, -0.1) is 0 Å². The van der Waals surface area contributed by atoms with Crippen LogP contribution in [-0.2, 0) is 13.0 Å². The lowest BCUT2D eigenvalue weighted by Crippen LogP contribution is -2.35. The Bertz CT molecular complexity index is 1110. The molecule has 4 rings (SSSR count). The normalized spacial score (nSPS) is 12.6. The van der Waals surface area contributed by atoms with Crippen molar-refractivity contribution in [1.29, 1.82) is 0 Å². The van der Waals surface area contributed by atoms with E-state index in [4.69, 9.17) is 4.74 Å². The number of methoxy groups -OCH3 is 1. The molecule has 2 amide bonds. The first-order valence-corrected chi connectivity index (χ1v) is 11.6. The van der Waals surface area contributed by atoms with Gasteiger partial charge in [0.2, 0.25) is 0 Å². The molecular formula is C28H33N3O2. The zero-order chi connectivity index (χ0) is 23.4. The third-order valence-electron chi connectivity index (χ3n) is 6.29. The molecule has 33 heavy (non-hydrogen) atoms. The second-order valence-electron chi connectivity index (χ2n) is 8.92. The van der Waals surface area contributed by atoms with E-state index in [1.807, 2.05) is 36.4 Å². The average Bonchev–Trinajstić information content (AvgIpc) is 2.84. The largest absolute Gasteiger partial charge is 0.497 e. The second kappa shape index (κ2) is 9.99. The number of nitrogens with zero attached hydrogens (tertiary/aromatic N) is 1. The average molecular weight is 444 g/mol. The molecule has 0 fully saturated rings. The van der Waals surface area contributed by atoms with Gasteiger partial charge in [-0.05, 0) is 78.3 Å². The Hall–Kier alpha value is -3.47. The summed E-state index contributed by atoms with van der Waals surface area (Å²) >= 11 is 0. The van der Waals surface area contributed by atoms with Gasteiger partial charge in [-0.2, -0.15) is 0 Å². The first kappa shape index (κ1) is 22.7. The van der Waals surface area contributed by atoms with E-state index in [0.29, 0.717) is 12.5 Å². The summed E-state index contributed by atoms with van der Waals surface area (Å²) in [6, 6.07) is 20.2. The van der Waals surface area contributed by atoms with Crippen molar-refractivity contribution in [1.82, 2.24) is 0 Å². The van der Waals surface area contributed by atoms with E-state index in [-0.39, 0.29) is 6.03 Å². The van der Waals surface area contributed by atoms with Crippen LogP contribution in [0.4, 0.5) is 21.9 Å². The SMILES string of the molecule is COc1ccc(CN(C(=O)Nc2c(C)ccc3c2CCCN3)c2ccc(C(C)C)cc2)cc1. The number of nitrogens with one attached hydrogen (secondary N) is 2. The van der Waals surface area contributed by atoms with Crippen molar-refractivity contribution in [3.63, 3.8) is 0 Å². The maximum absolute atomic E-state index is 13.7. The number of anilines is 3. The monoisotopic (exact) mass is 443 g/mol. The van der Waals surface area contributed by atoms with Crippen LogP contribution in [0.1, 0.15) is 48.4 Å². The lowest BCUT2D eigenvalue weighted by Gasteiger charge is -2.27. The van der Waals surface area contributed by atoms with Gasteiger partial charge in [-0.25, -0.2) is 4.79 Å². The molecule has 1 aliphatic heterocycles. The predicted octanol–water partition coefficient (Wildman–Crippen LogP) is 6.72. The topological polar surface area (TPSA) is 53.6 Å². The minimum absolute atomic E-state index is 0.134. The van der Waals surface area contributed by atoms with Crippen LogP contribution in [0.15, 0.2) is 60.7 Å². The molecule has 0 saturated heterocycles. The first-order valence-electron chi connectivity index (χ1n) is 11.6. The van der Waals surface area contributed by atoms with E-state index in [1.54, 1.807) is 12.0 Å². The molecule has 5 heteroatoms. The molecule has 0 spiro atoms. The molecule has 0 bridgehead atoms. The molecule has 0 saturated carbocycles. The summed E-state index contributed by atoms with van der Waals surface area (Å²) in [7, 11) is 1.66. The van der Waals surface area contributed by atoms with Crippen molar-refractivity contribution < 1.29 is 9.53 Å². The standard InChI is InChI=1S/C28H33N3O2/c1-19(2)22-10-12-23(13-11-22)31(18-21-8-14-24(33-4)15-9-21)28(32)30-27-20(3)7-16-26-25(27)6-5-17-29-26/h7-16,19,29H,5-6,17-18H2,1-4H3,(H,30,32). The van der Waals surface area contributed by atoms with Gasteiger partial charge in [-0.1, -0.05) is 44.2 Å². The van der Waals surface area contributed by atoms with Gasteiger partial charge in [0, 0.05) is 17.9 Å². The molecule has 0 aliphatic carbocycles. The molecule has 3 aromatic rings. The van der Waals surface area contributed by atoms with E-state index >= 15 is 0 Å². The molecule has 172 valence electrons. The van der Waals surface area contributed by atoms with E-state index in [2.05, 4.69) is 55.7 Å². The maximum atomic E-state index is 13.7. The Labute approximate surface area is 196 Å². The summed E-state index contributed by atoms with van der Waals surface area (Å²) in [6.45, 7) is 7.83. The number of rotatable bonds is 6. The number of fused-ring (bicyclic) bond motifs is 1. The van der Waals surface area contributed by atoms with Crippen LogP contribution in [-0.4, -0.2) is 19.7 Å². The fourth-order valence-corrected chi connectivity index (χ4v) is 4.26. The van der Waals surface area contributed by atoms with Gasteiger partial charge in [0.05, 0.1) is 19.3 Å². The molecule has 2 N–H and O–H groups in total. The number of carbonyl (C=O) groups is 1. The van der Waals surface area contributed by atoms with Gasteiger partial charge < -0.3 is 15.4 Å². The van der Waals surface area contributed by atoms with Crippen LogP contribution in [0.5, 0.6) is 5.75 Å². The van der Waals surface area contributed by atoms with E-state index < -0.39 is 0 Å². The van der Waals surface area contributed by atoms with Crippen molar-refractivity contribution in [3.05, 3.63) is 82.9 Å². The van der Waals surface area contributed by atoms with Crippen LogP contribution >= 0.6 is 0 Å². The highest BCUT2D eigenvalue weighted by Crippen LogP contribution is 2.33. The van der Waals surface area contributed by atoms with Crippen LogP contribution in [0.3, 0.4) is 0 Å². The first-order chi connectivity index (χ1) is 16.0. The second-order valence-corrected chi connectivity index (χ2v) is 8.92. The lowest BCUT2D eigenvalue weighted by molar-refractivity contribution is 0.256. The van der Waals surface area contributed by atoms with Crippen LogP contribution in [0, 0.1) is 6.92 Å². The molecule has 0 atom stereocenters. The minimum Gasteiger partial charge on any atom is -0.497 e. The molecule has 1 aliphatic rings. The van der Waals surface area contributed by atoms with Crippen LogP contribution < -0.4 is 20.3 Å². The molecule has 3 aromatic carbocycles. The van der Waals surface area contributed by atoms with Gasteiger partial charge in [0.25, 0.3) is 0 Å². The fraction of sp³-hybridized carbons (Fsp3) is 0.321. The van der Waals surface area contributed by atoms with Crippen molar-refractivity contribution in [2.75, 3.05) is 29.2 Å². The van der Waals surface area contributed by atoms with Gasteiger partial charge in [-0.3, -0.25) is 4.90 Å². The van der Waals surface area contributed by atoms with Gasteiger partial charge >= 0.3 is 6.03 Å². The van der Waals surface area contributed by atoms with Crippen molar-refractivity contribution in [3.8, 4) is 5.75 Å².